The second-order valence-electron chi connectivity index (χ2n) is 8.75. The van der Waals surface area contributed by atoms with Crippen molar-refractivity contribution in [3.8, 4) is 11.5 Å². The minimum atomic E-state index is -2.32. The zero-order chi connectivity index (χ0) is 21.3. The van der Waals surface area contributed by atoms with Crippen LogP contribution in [0.4, 0.5) is 0 Å². The maximum atomic E-state index is 12.3. The summed E-state index contributed by atoms with van der Waals surface area (Å²) in [6.45, 7) is 13.8. The first-order valence-electron chi connectivity index (χ1n) is 8.98. The van der Waals surface area contributed by atoms with Crippen molar-refractivity contribution in [1.82, 2.24) is 9.97 Å². The Kier molecular flexibility index (Phi) is 6.26. The van der Waals surface area contributed by atoms with Gasteiger partial charge >= 0.3 is 5.97 Å². The standard InChI is InChI=1S/C19H29N2O5PSi/c1-19(2,3)28(7,8)26-17-15-13(10-20-16(17)18(22)24-4)9-14(11-21-15)25-12-27(5,6)23/h9-11H,12H2,1-8H3. The van der Waals surface area contributed by atoms with Gasteiger partial charge in [-0.3, -0.25) is 0 Å². The molecule has 2 aromatic rings. The molecule has 0 saturated heterocycles. The molecule has 0 atom stereocenters. The molecular weight excluding hydrogens is 395 g/mol. The Morgan fingerprint density at radius 3 is 2.36 bits per heavy atom. The summed E-state index contributed by atoms with van der Waals surface area (Å²) in [4.78, 5) is 21.0. The van der Waals surface area contributed by atoms with E-state index in [0.29, 0.717) is 22.4 Å². The van der Waals surface area contributed by atoms with Gasteiger partial charge in [-0.05, 0) is 37.5 Å². The van der Waals surface area contributed by atoms with Crippen molar-refractivity contribution in [2.24, 2.45) is 0 Å². The van der Waals surface area contributed by atoms with Crippen molar-refractivity contribution in [2.75, 3.05) is 26.8 Å². The van der Waals surface area contributed by atoms with Crippen molar-refractivity contribution >= 4 is 32.3 Å². The van der Waals surface area contributed by atoms with Crippen LogP contribution < -0.4 is 9.16 Å². The van der Waals surface area contributed by atoms with Crippen LogP contribution in [0.2, 0.25) is 18.1 Å². The third-order valence-corrected chi connectivity index (χ3v) is 9.82. The van der Waals surface area contributed by atoms with E-state index in [1.54, 1.807) is 19.4 Å². The van der Waals surface area contributed by atoms with Crippen molar-refractivity contribution in [3.63, 3.8) is 0 Å². The highest BCUT2D eigenvalue weighted by molar-refractivity contribution is 7.62. The molecule has 0 aliphatic heterocycles. The average Bonchev–Trinajstić information content (AvgIpc) is 2.57. The van der Waals surface area contributed by atoms with E-state index in [4.69, 9.17) is 13.9 Å². The summed E-state index contributed by atoms with van der Waals surface area (Å²) < 4.78 is 28.8. The first-order chi connectivity index (χ1) is 12.7. The Hall–Kier alpha value is -1.92. The number of carbonyl (C=O) groups is 1. The van der Waals surface area contributed by atoms with Crippen LogP contribution in [0.25, 0.3) is 10.9 Å². The van der Waals surface area contributed by atoms with Gasteiger partial charge in [0.25, 0.3) is 8.32 Å². The van der Waals surface area contributed by atoms with Gasteiger partial charge in [-0.1, -0.05) is 20.8 Å². The number of pyridine rings is 2. The van der Waals surface area contributed by atoms with Gasteiger partial charge in [0.05, 0.1) is 13.3 Å². The molecule has 0 unspecified atom stereocenters. The van der Waals surface area contributed by atoms with E-state index in [1.807, 2.05) is 0 Å². The SMILES string of the molecule is COC(=O)c1ncc2cc(OCP(C)(C)=O)cnc2c1O[Si](C)(C)C(C)(C)C. The van der Waals surface area contributed by atoms with Crippen LogP contribution in [-0.2, 0) is 9.30 Å². The van der Waals surface area contributed by atoms with E-state index in [0.717, 1.165) is 0 Å². The average molecular weight is 425 g/mol. The molecule has 9 heteroatoms. The second kappa shape index (κ2) is 7.83. The van der Waals surface area contributed by atoms with Gasteiger partial charge in [0.1, 0.15) is 24.8 Å². The van der Waals surface area contributed by atoms with Gasteiger partial charge in [-0.15, -0.1) is 0 Å². The maximum absolute atomic E-state index is 12.3. The largest absolute Gasteiger partial charge is 0.540 e. The van der Waals surface area contributed by atoms with Crippen molar-refractivity contribution in [3.05, 3.63) is 24.2 Å². The van der Waals surface area contributed by atoms with E-state index in [1.165, 1.54) is 19.5 Å². The lowest BCUT2D eigenvalue weighted by molar-refractivity contribution is 0.0591. The van der Waals surface area contributed by atoms with Crippen LogP contribution in [0.3, 0.4) is 0 Å². The van der Waals surface area contributed by atoms with Gasteiger partial charge in [-0.25, -0.2) is 14.8 Å². The van der Waals surface area contributed by atoms with E-state index in [2.05, 4.69) is 43.8 Å². The van der Waals surface area contributed by atoms with Gasteiger partial charge in [0.15, 0.2) is 11.4 Å². The first kappa shape index (κ1) is 22.4. The van der Waals surface area contributed by atoms with Crippen molar-refractivity contribution in [2.45, 2.75) is 38.9 Å². The molecule has 0 aliphatic carbocycles. The summed E-state index contributed by atoms with van der Waals surface area (Å²) in [5.74, 6) is 0.247. The Morgan fingerprint density at radius 2 is 1.82 bits per heavy atom. The number of nitrogens with zero attached hydrogens (tertiary/aromatic N) is 2. The molecule has 154 valence electrons. The van der Waals surface area contributed by atoms with Crippen LogP contribution in [-0.4, -0.2) is 51.0 Å². The molecule has 0 fully saturated rings. The highest BCUT2D eigenvalue weighted by atomic mass is 31.2. The monoisotopic (exact) mass is 424 g/mol. The number of hydrogen-bond donors (Lipinski definition) is 0. The third kappa shape index (κ3) is 5.11. The summed E-state index contributed by atoms with van der Waals surface area (Å²) in [5.41, 5.74) is 0.622. The molecule has 0 bridgehead atoms. The second-order valence-corrected chi connectivity index (χ2v) is 16.9. The minimum Gasteiger partial charge on any atom is -0.540 e. The number of aromatic nitrogens is 2. The van der Waals surface area contributed by atoms with Gasteiger partial charge < -0.3 is 18.5 Å². The Labute approximate surface area is 167 Å². The predicted molar refractivity (Wildman–Crippen MR) is 114 cm³/mol. The van der Waals surface area contributed by atoms with E-state index in [9.17, 15) is 9.36 Å². The molecule has 0 N–H and O–H groups in total. The topological polar surface area (TPSA) is 87.6 Å². The van der Waals surface area contributed by atoms with Gasteiger partial charge in [0.2, 0.25) is 0 Å². The summed E-state index contributed by atoms with van der Waals surface area (Å²) in [6.07, 6.45) is 3.20. The maximum Gasteiger partial charge on any atom is 0.360 e. The Morgan fingerprint density at radius 1 is 1.18 bits per heavy atom. The quantitative estimate of drug-likeness (QED) is 0.375. The number of methoxy groups -OCH3 is 1. The molecule has 2 aromatic heterocycles. The van der Waals surface area contributed by atoms with Crippen LogP contribution in [0, 0.1) is 0 Å². The van der Waals surface area contributed by atoms with Crippen LogP contribution in [0.15, 0.2) is 18.5 Å². The molecule has 0 spiro atoms. The zero-order valence-electron chi connectivity index (χ0n) is 17.8. The van der Waals surface area contributed by atoms with Crippen molar-refractivity contribution < 1.29 is 23.3 Å². The molecule has 0 aliphatic rings. The summed E-state index contributed by atoms with van der Waals surface area (Å²) >= 11 is 0. The molecule has 0 radical (unpaired) electrons. The molecule has 2 heterocycles. The van der Waals surface area contributed by atoms with Crippen molar-refractivity contribution in [1.29, 1.82) is 0 Å². The first-order valence-corrected chi connectivity index (χ1v) is 14.7. The number of carbonyl (C=O) groups excluding carboxylic acids is 1. The van der Waals surface area contributed by atoms with Crippen LogP contribution in [0.5, 0.6) is 11.5 Å². The lowest BCUT2D eigenvalue weighted by Gasteiger charge is -2.36. The molecule has 0 saturated carbocycles. The van der Waals surface area contributed by atoms with E-state index < -0.39 is 21.4 Å². The Bertz CT molecular complexity index is 934. The summed E-state index contributed by atoms with van der Waals surface area (Å²) in [5, 5.41) is 0.593. The highest BCUT2D eigenvalue weighted by Gasteiger charge is 2.40. The number of fused-ring (bicyclic) bond motifs is 1. The molecule has 28 heavy (non-hydrogen) atoms. The number of hydrogen-bond acceptors (Lipinski definition) is 7. The van der Waals surface area contributed by atoms with Gasteiger partial charge in [0, 0.05) is 11.6 Å². The fourth-order valence-electron chi connectivity index (χ4n) is 2.11. The molecule has 2 rings (SSSR count). The fraction of sp³-hybridized carbons (Fsp3) is 0.526. The van der Waals surface area contributed by atoms with Crippen LogP contribution >= 0.6 is 7.14 Å². The Balaban J connectivity index is 2.57. The summed E-state index contributed by atoms with van der Waals surface area (Å²) in [6, 6.07) is 1.75. The molecule has 7 nitrogen and oxygen atoms in total. The fourth-order valence-corrected chi connectivity index (χ4v) is 3.58. The van der Waals surface area contributed by atoms with Gasteiger partial charge in [-0.2, -0.15) is 0 Å². The predicted octanol–water partition coefficient (Wildman–Crippen LogP) is 4.76. The van der Waals surface area contributed by atoms with E-state index in [-0.39, 0.29) is 17.1 Å². The third-order valence-electron chi connectivity index (χ3n) is 4.74. The van der Waals surface area contributed by atoms with E-state index >= 15 is 0 Å². The number of esters is 1. The number of ether oxygens (including phenoxy) is 2. The molecular formula is C19H29N2O5PSi. The molecule has 0 aromatic carbocycles. The minimum absolute atomic E-state index is 0.0744. The zero-order valence-corrected chi connectivity index (χ0v) is 19.7. The lowest BCUT2D eigenvalue weighted by Crippen LogP contribution is -2.44. The smallest absolute Gasteiger partial charge is 0.360 e. The highest BCUT2D eigenvalue weighted by Crippen LogP contribution is 2.40. The molecule has 0 amide bonds. The number of rotatable bonds is 6. The normalized spacial score (nSPS) is 12.7. The van der Waals surface area contributed by atoms with Crippen LogP contribution in [0.1, 0.15) is 31.3 Å². The summed E-state index contributed by atoms with van der Waals surface area (Å²) in [7, 11) is -3.27. The lowest BCUT2D eigenvalue weighted by atomic mass is 10.2.